The maximum Gasteiger partial charge on any atom is 0.164 e. The first-order valence-corrected chi connectivity index (χ1v) is 13.0. The van der Waals surface area contributed by atoms with Gasteiger partial charge in [0.2, 0.25) is 0 Å². The van der Waals surface area contributed by atoms with Crippen LogP contribution in [0.5, 0.6) is 0 Å². The van der Waals surface area contributed by atoms with Gasteiger partial charge in [-0.15, -0.1) is 0 Å². The molecule has 7 aromatic rings. The van der Waals surface area contributed by atoms with Crippen LogP contribution < -0.4 is 0 Å². The smallest absolute Gasteiger partial charge is 0.164 e. The number of hydrogen-bond donors (Lipinski definition) is 2. The molecule has 8 nitrogen and oxygen atoms in total. The van der Waals surface area contributed by atoms with Crippen molar-refractivity contribution in [3.8, 4) is 45.6 Å². The Morgan fingerprint density at radius 3 is 0.829 bits per heavy atom. The average molecular weight is 580 g/mol. The van der Waals surface area contributed by atoms with Crippen molar-refractivity contribution in [2.45, 2.75) is 0 Å². The van der Waals surface area contributed by atoms with Crippen molar-refractivity contribution < 1.29 is 19.5 Å². The predicted octanol–water partition coefficient (Wildman–Crippen LogP) is 6.87. The van der Waals surface area contributed by atoms with Gasteiger partial charge in [-0.2, -0.15) is 0 Å². The van der Waals surface area contributed by atoms with Gasteiger partial charge in [0.25, 0.3) is 0 Å². The molecule has 9 heteroatoms. The first kappa shape index (κ1) is 23.7. The summed E-state index contributed by atoms with van der Waals surface area (Å²) in [5, 5.41) is 3.82. The topological polar surface area (TPSA) is 109 Å². The monoisotopic (exact) mass is 578 g/mol. The Kier molecular flexibility index (Phi) is 5.17. The van der Waals surface area contributed by atoms with Crippen molar-refractivity contribution in [1.82, 2.24) is 39.9 Å². The zero-order valence-corrected chi connectivity index (χ0v) is 24.6. The number of benzene rings is 4. The molecule has 3 aromatic heterocycles. The molecule has 188 valence electrons. The predicted molar refractivity (Wildman–Crippen MR) is 156 cm³/mol. The number of fused-ring (bicyclic) bond motifs is 20. The molecule has 4 aromatic carbocycles. The normalized spacial score (nSPS) is 11.7. The van der Waals surface area contributed by atoms with Crippen LogP contribution in [0.2, 0.25) is 0 Å². The van der Waals surface area contributed by atoms with E-state index in [0.29, 0.717) is 45.9 Å². The standard InChI is InChI=1S/C32H18N8.Zn/c1-2-10-18-17(9-1)25-33-26(18)38-28-21-13-5-6-14-22(21)30(35-28)40-32-24-16-8-7-15-23(24)31(36-32)39-29-20-12-4-3-11-19(20)27(34-29)37-25;/h1-16H,(H2,33,34,35,36,37,38,39,40);. The van der Waals surface area contributed by atoms with Gasteiger partial charge in [-0.3, -0.25) is 0 Å². The third-order valence-corrected chi connectivity index (χ3v) is 7.46. The molecule has 5 heterocycles. The van der Waals surface area contributed by atoms with Crippen molar-refractivity contribution >= 4 is 44.1 Å². The molecule has 0 saturated carbocycles. The summed E-state index contributed by atoms with van der Waals surface area (Å²) in [6.45, 7) is 0. The van der Waals surface area contributed by atoms with Crippen LogP contribution in [0.3, 0.4) is 0 Å². The minimum atomic E-state index is 0. The molecular formula is C32H18N8Zn. The fraction of sp³-hybridized carbons (Fsp3) is 0. The molecular weight excluding hydrogens is 562 g/mol. The van der Waals surface area contributed by atoms with Crippen LogP contribution in [0.15, 0.2) is 97.1 Å². The van der Waals surface area contributed by atoms with Gasteiger partial charge in [-0.25, -0.2) is 29.9 Å². The van der Waals surface area contributed by atoms with Crippen LogP contribution in [0.4, 0.5) is 0 Å². The summed E-state index contributed by atoms with van der Waals surface area (Å²) in [4.78, 5) is 36.8. The van der Waals surface area contributed by atoms with Crippen LogP contribution in [-0.4, -0.2) is 39.9 Å². The molecule has 0 unspecified atom stereocenters. The molecule has 0 fully saturated rings. The Morgan fingerprint density at radius 1 is 0.317 bits per heavy atom. The van der Waals surface area contributed by atoms with Crippen LogP contribution in [0.25, 0.3) is 89.7 Å². The Hall–Kier alpha value is -5.14. The number of aromatic nitrogens is 8. The molecule has 0 atom stereocenters. The first-order chi connectivity index (χ1) is 19.8. The quantitative estimate of drug-likeness (QED) is 0.190. The van der Waals surface area contributed by atoms with E-state index in [2.05, 4.69) is 9.97 Å². The Labute approximate surface area is 245 Å². The summed E-state index contributed by atoms with van der Waals surface area (Å²) >= 11 is 0. The van der Waals surface area contributed by atoms with E-state index in [0.717, 1.165) is 43.8 Å². The number of nitrogens with zero attached hydrogens (tertiary/aromatic N) is 6. The van der Waals surface area contributed by atoms with Gasteiger partial charge in [-0.1, -0.05) is 97.1 Å². The summed E-state index contributed by atoms with van der Waals surface area (Å²) in [6, 6.07) is 32.2. The van der Waals surface area contributed by atoms with Gasteiger partial charge in [-0.05, 0) is 0 Å². The zero-order chi connectivity index (χ0) is 26.2. The van der Waals surface area contributed by atoms with Crippen molar-refractivity contribution in [1.29, 1.82) is 0 Å². The number of rotatable bonds is 0. The molecule has 2 N–H and O–H groups in total. The molecule has 0 amide bonds. The second kappa shape index (κ2) is 8.94. The molecule has 9 rings (SSSR count). The van der Waals surface area contributed by atoms with Gasteiger partial charge in [0, 0.05) is 63.3 Å². The number of H-pyrrole nitrogens is 2. The summed E-state index contributed by atoms with van der Waals surface area (Å²) in [6.07, 6.45) is 0. The molecule has 2 aliphatic heterocycles. The summed E-state index contributed by atoms with van der Waals surface area (Å²) in [7, 11) is 0. The Morgan fingerprint density at radius 2 is 0.561 bits per heavy atom. The van der Waals surface area contributed by atoms with Crippen molar-refractivity contribution in [3.05, 3.63) is 97.1 Å². The van der Waals surface area contributed by atoms with Crippen molar-refractivity contribution in [2.75, 3.05) is 0 Å². The number of aromatic amines is 2. The minimum Gasteiger partial charge on any atom is -0.324 e. The van der Waals surface area contributed by atoms with Crippen LogP contribution in [0.1, 0.15) is 0 Å². The van der Waals surface area contributed by atoms with Gasteiger partial charge < -0.3 is 9.97 Å². The van der Waals surface area contributed by atoms with E-state index in [1.165, 1.54) is 0 Å². The molecule has 8 bridgehead atoms. The summed E-state index contributed by atoms with van der Waals surface area (Å²) < 4.78 is 0. The molecule has 0 saturated heterocycles. The zero-order valence-electron chi connectivity index (χ0n) is 21.6. The van der Waals surface area contributed by atoms with Crippen molar-refractivity contribution in [3.63, 3.8) is 0 Å². The van der Waals surface area contributed by atoms with E-state index in [1.807, 2.05) is 97.1 Å². The molecule has 0 radical (unpaired) electrons. The molecule has 41 heavy (non-hydrogen) atoms. The second-order valence-corrected chi connectivity index (χ2v) is 9.79. The van der Waals surface area contributed by atoms with Crippen LogP contribution in [-0.2, 0) is 19.5 Å². The van der Waals surface area contributed by atoms with Crippen LogP contribution in [0, 0.1) is 0 Å². The Bertz CT molecular complexity index is 2030. The van der Waals surface area contributed by atoms with Crippen LogP contribution >= 0.6 is 0 Å². The van der Waals surface area contributed by atoms with E-state index in [1.54, 1.807) is 0 Å². The average Bonchev–Trinajstić information content (AvgIpc) is 3.73. The molecule has 2 aliphatic rings. The molecule has 0 spiro atoms. The van der Waals surface area contributed by atoms with E-state index in [4.69, 9.17) is 29.9 Å². The second-order valence-electron chi connectivity index (χ2n) is 9.79. The maximum absolute atomic E-state index is 5.02. The van der Waals surface area contributed by atoms with E-state index < -0.39 is 0 Å². The number of hydrogen-bond acceptors (Lipinski definition) is 6. The largest absolute Gasteiger partial charge is 0.324 e. The number of nitrogens with one attached hydrogen (secondary N) is 2. The third-order valence-electron chi connectivity index (χ3n) is 7.46. The van der Waals surface area contributed by atoms with E-state index in [-0.39, 0.29) is 19.5 Å². The molecule has 0 aliphatic carbocycles. The summed E-state index contributed by atoms with van der Waals surface area (Å²) in [5.41, 5.74) is 6.45. The van der Waals surface area contributed by atoms with Gasteiger partial charge >= 0.3 is 0 Å². The SMILES string of the molecule is [Zn].c1ccc2c(c1)-c1nc-2nc2[nH]c(nc3nc(nc4[nH]c(n1)c1ccccc41)-c1ccccc1-3)c1ccccc21. The fourth-order valence-electron chi connectivity index (χ4n) is 5.59. The van der Waals surface area contributed by atoms with Crippen molar-refractivity contribution in [2.24, 2.45) is 0 Å². The Balaban J connectivity index is 0.00000256. The summed E-state index contributed by atoms with van der Waals surface area (Å²) in [5.74, 6) is 2.39. The fourth-order valence-corrected chi connectivity index (χ4v) is 5.59. The van der Waals surface area contributed by atoms with Gasteiger partial charge in [0.15, 0.2) is 23.3 Å². The first-order valence-electron chi connectivity index (χ1n) is 13.0. The van der Waals surface area contributed by atoms with E-state index in [9.17, 15) is 0 Å². The van der Waals surface area contributed by atoms with E-state index >= 15 is 0 Å². The van der Waals surface area contributed by atoms with Gasteiger partial charge in [0.1, 0.15) is 22.6 Å². The van der Waals surface area contributed by atoms with Gasteiger partial charge in [0.05, 0.1) is 0 Å². The minimum absolute atomic E-state index is 0. The third kappa shape index (κ3) is 3.56. The maximum atomic E-state index is 5.02.